The molecular weight excluding hydrogens is 318 g/mol. The van der Waals surface area contributed by atoms with Gasteiger partial charge >= 0.3 is 6.09 Å². The second-order valence-electron chi connectivity index (χ2n) is 7.42. The molecule has 6 heteroatoms. The van der Waals surface area contributed by atoms with Crippen LogP contribution in [0, 0.1) is 0 Å². The van der Waals surface area contributed by atoms with Gasteiger partial charge in [-0.3, -0.25) is 4.79 Å². The molecule has 2 amide bonds. The number of para-hydroxylation sites is 1. The first-order valence-corrected chi connectivity index (χ1v) is 9.17. The molecular formula is C19H25N3O3. The van der Waals surface area contributed by atoms with E-state index in [0.717, 1.165) is 43.5 Å². The second kappa shape index (κ2) is 6.24. The number of nitrogens with zero attached hydrogens (tertiary/aromatic N) is 2. The summed E-state index contributed by atoms with van der Waals surface area (Å²) < 4.78 is 5.64. The van der Waals surface area contributed by atoms with Gasteiger partial charge in [-0.1, -0.05) is 12.1 Å². The van der Waals surface area contributed by atoms with E-state index < -0.39 is 5.60 Å². The van der Waals surface area contributed by atoms with Crippen molar-refractivity contribution in [3.05, 3.63) is 29.3 Å². The van der Waals surface area contributed by atoms with Gasteiger partial charge in [-0.05, 0) is 37.3 Å². The van der Waals surface area contributed by atoms with Crippen molar-refractivity contribution in [1.82, 2.24) is 9.80 Å². The summed E-state index contributed by atoms with van der Waals surface area (Å²) in [4.78, 5) is 28.5. The molecule has 0 aromatic heterocycles. The van der Waals surface area contributed by atoms with Crippen LogP contribution >= 0.6 is 0 Å². The summed E-state index contributed by atoms with van der Waals surface area (Å²) in [5.74, 6) is 0.0842. The Morgan fingerprint density at radius 3 is 2.92 bits per heavy atom. The van der Waals surface area contributed by atoms with Crippen molar-refractivity contribution in [2.45, 2.75) is 37.7 Å². The number of carbonyl (C=O) groups excluding carboxylic acids is 2. The number of carbonyl (C=O) groups is 2. The molecule has 1 aromatic rings. The minimum Gasteiger partial charge on any atom is -0.441 e. The molecule has 3 heterocycles. The van der Waals surface area contributed by atoms with Crippen molar-refractivity contribution < 1.29 is 14.3 Å². The molecule has 0 saturated carbocycles. The van der Waals surface area contributed by atoms with E-state index >= 15 is 0 Å². The summed E-state index contributed by atoms with van der Waals surface area (Å²) in [5.41, 5.74) is 2.59. The monoisotopic (exact) mass is 343 g/mol. The van der Waals surface area contributed by atoms with E-state index in [0.29, 0.717) is 26.1 Å². The Morgan fingerprint density at radius 2 is 2.12 bits per heavy atom. The summed E-state index contributed by atoms with van der Waals surface area (Å²) in [6.07, 6.45) is 4.26. The fourth-order valence-electron chi connectivity index (χ4n) is 4.28. The van der Waals surface area contributed by atoms with E-state index in [1.165, 1.54) is 5.56 Å². The minimum atomic E-state index is -0.421. The lowest BCUT2D eigenvalue weighted by Gasteiger charge is -2.27. The Hall–Kier alpha value is -2.24. The fraction of sp³-hybridized carbons (Fsp3) is 0.579. The van der Waals surface area contributed by atoms with Crippen LogP contribution in [0.4, 0.5) is 10.5 Å². The molecule has 2 fully saturated rings. The van der Waals surface area contributed by atoms with Gasteiger partial charge in [0.2, 0.25) is 0 Å². The average Bonchev–Trinajstić information content (AvgIpc) is 2.79. The van der Waals surface area contributed by atoms with Crippen molar-refractivity contribution in [2.24, 2.45) is 0 Å². The van der Waals surface area contributed by atoms with Crippen LogP contribution in [0.5, 0.6) is 0 Å². The Labute approximate surface area is 148 Å². The molecule has 4 rings (SSSR count). The molecule has 3 aliphatic heterocycles. The van der Waals surface area contributed by atoms with Gasteiger partial charge in [-0.15, -0.1) is 0 Å². The highest BCUT2D eigenvalue weighted by Gasteiger charge is 2.44. The van der Waals surface area contributed by atoms with Gasteiger partial charge in [0.15, 0.2) is 0 Å². The maximum absolute atomic E-state index is 13.1. The van der Waals surface area contributed by atoms with Gasteiger partial charge in [-0.2, -0.15) is 0 Å². The SMILES string of the molecule is CN1C[C@@]2(CCCN(C(=O)c3cccc4c3NCCC4)CC2)OC1=O. The Kier molecular flexibility index (Phi) is 4.06. The summed E-state index contributed by atoms with van der Waals surface area (Å²) in [6, 6.07) is 6.00. The third-order valence-electron chi connectivity index (χ3n) is 5.63. The standard InChI is InChI=1S/C19H25N3O3/c1-21-13-19(25-18(21)24)8-4-11-22(12-9-19)17(23)15-7-2-5-14-6-3-10-20-16(14)15/h2,5,7,20H,3-4,6,8-13H2,1H3/t19-/m0/s1. The summed E-state index contributed by atoms with van der Waals surface area (Å²) in [7, 11) is 1.77. The molecule has 25 heavy (non-hydrogen) atoms. The van der Waals surface area contributed by atoms with E-state index in [2.05, 4.69) is 11.4 Å². The Balaban J connectivity index is 1.51. The molecule has 1 N–H and O–H groups in total. The first-order chi connectivity index (χ1) is 12.1. The Bertz CT molecular complexity index is 705. The zero-order valence-corrected chi connectivity index (χ0v) is 14.7. The van der Waals surface area contributed by atoms with Crippen LogP contribution in [-0.2, 0) is 11.2 Å². The lowest BCUT2D eigenvalue weighted by Crippen LogP contribution is -2.37. The predicted octanol–water partition coefficient (Wildman–Crippen LogP) is 2.49. The molecule has 134 valence electrons. The van der Waals surface area contributed by atoms with Crippen LogP contribution in [0.2, 0.25) is 0 Å². The molecule has 1 spiro atoms. The van der Waals surface area contributed by atoms with Crippen molar-refractivity contribution in [2.75, 3.05) is 38.5 Å². The third-order valence-corrected chi connectivity index (χ3v) is 5.63. The summed E-state index contributed by atoms with van der Waals surface area (Å²) >= 11 is 0. The summed E-state index contributed by atoms with van der Waals surface area (Å²) in [6.45, 7) is 2.88. The van der Waals surface area contributed by atoms with Crippen LogP contribution in [0.15, 0.2) is 18.2 Å². The number of rotatable bonds is 1. The van der Waals surface area contributed by atoms with Gasteiger partial charge in [0.25, 0.3) is 5.91 Å². The van der Waals surface area contributed by atoms with Gasteiger partial charge in [0.05, 0.1) is 17.8 Å². The molecule has 1 aromatic carbocycles. The number of anilines is 1. The first-order valence-electron chi connectivity index (χ1n) is 9.17. The molecule has 0 bridgehead atoms. The van der Waals surface area contributed by atoms with Crippen molar-refractivity contribution in [3.8, 4) is 0 Å². The molecule has 6 nitrogen and oxygen atoms in total. The zero-order chi connectivity index (χ0) is 17.4. The van der Waals surface area contributed by atoms with Crippen LogP contribution in [0.1, 0.15) is 41.6 Å². The highest BCUT2D eigenvalue weighted by Crippen LogP contribution is 2.34. The lowest BCUT2D eigenvalue weighted by atomic mass is 9.95. The quantitative estimate of drug-likeness (QED) is 0.851. The van der Waals surface area contributed by atoms with Gasteiger partial charge in [0.1, 0.15) is 5.60 Å². The number of aryl methyl sites for hydroxylation is 1. The molecule has 1 atom stereocenters. The number of fused-ring (bicyclic) bond motifs is 1. The van der Waals surface area contributed by atoms with E-state index in [-0.39, 0.29) is 12.0 Å². The maximum Gasteiger partial charge on any atom is 0.410 e. The average molecular weight is 343 g/mol. The highest BCUT2D eigenvalue weighted by atomic mass is 16.6. The number of amides is 2. The lowest BCUT2D eigenvalue weighted by molar-refractivity contribution is 0.0439. The first kappa shape index (κ1) is 16.2. The minimum absolute atomic E-state index is 0.0842. The maximum atomic E-state index is 13.1. The van der Waals surface area contributed by atoms with Crippen molar-refractivity contribution in [1.29, 1.82) is 0 Å². The molecule has 0 aliphatic carbocycles. The number of likely N-dealkylation sites (tertiary alicyclic amines) is 1. The number of hydrogen-bond acceptors (Lipinski definition) is 4. The largest absolute Gasteiger partial charge is 0.441 e. The Morgan fingerprint density at radius 1 is 1.24 bits per heavy atom. The van der Waals surface area contributed by atoms with Gasteiger partial charge in [-0.25, -0.2) is 4.79 Å². The van der Waals surface area contributed by atoms with Gasteiger partial charge in [0, 0.05) is 33.1 Å². The van der Waals surface area contributed by atoms with E-state index in [1.54, 1.807) is 11.9 Å². The second-order valence-corrected chi connectivity index (χ2v) is 7.42. The predicted molar refractivity (Wildman–Crippen MR) is 94.8 cm³/mol. The van der Waals surface area contributed by atoms with Crippen LogP contribution in [-0.4, -0.2) is 60.6 Å². The molecule has 3 aliphatic rings. The third kappa shape index (κ3) is 2.94. The smallest absolute Gasteiger partial charge is 0.410 e. The number of benzene rings is 1. The fourth-order valence-corrected chi connectivity index (χ4v) is 4.28. The van der Waals surface area contributed by atoms with E-state index in [9.17, 15) is 9.59 Å². The highest BCUT2D eigenvalue weighted by molar-refractivity contribution is 6.00. The van der Waals surface area contributed by atoms with Crippen molar-refractivity contribution >= 4 is 17.7 Å². The molecule has 0 unspecified atom stereocenters. The van der Waals surface area contributed by atoms with Crippen LogP contribution in [0.25, 0.3) is 0 Å². The number of ether oxygens (including phenoxy) is 1. The van der Waals surface area contributed by atoms with E-state index in [4.69, 9.17) is 4.74 Å². The molecule has 0 radical (unpaired) electrons. The number of hydrogen-bond donors (Lipinski definition) is 1. The van der Waals surface area contributed by atoms with Crippen LogP contribution < -0.4 is 5.32 Å². The van der Waals surface area contributed by atoms with Crippen LogP contribution in [0.3, 0.4) is 0 Å². The molecule has 2 saturated heterocycles. The number of likely N-dealkylation sites (N-methyl/N-ethyl adjacent to an activating group) is 1. The van der Waals surface area contributed by atoms with Crippen molar-refractivity contribution in [3.63, 3.8) is 0 Å². The summed E-state index contributed by atoms with van der Waals surface area (Å²) in [5, 5.41) is 3.40. The topological polar surface area (TPSA) is 61.9 Å². The zero-order valence-electron chi connectivity index (χ0n) is 14.7. The van der Waals surface area contributed by atoms with Gasteiger partial charge < -0.3 is 19.9 Å². The number of nitrogens with one attached hydrogen (secondary N) is 1. The van der Waals surface area contributed by atoms with E-state index in [1.807, 2.05) is 17.0 Å². The normalized spacial score (nSPS) is 26.0.